The van der Waals surface area contributed by atoms with Crippen LogP contribution in [0.25, 0.3) is 11.1 Å². The van der Waals surface area contributed by atoms with E-state index in [4.69, 9.17) is 9.15 Å². The number of amides is 3. The molecular weight excluding hydrogens is 412 g/mol. The number of oxazole rings is 1. The number of nitrogens with zero attached hydrogens (tertiary/aromatic N) is 2. The fourth-order valence-corrected chi connectivity index (χ4v) is 4.94. The lowest BCUT2D eigenvalue weighted by molar-refractivity contribution is -0.205. The number of halogens is 2. The zero-order valence-electron chi connectivity index (χ0n) is 16.8. The SMILES string of the molecule is CN(C(=O)Oc1ccc2oc(C3CCC(=O)NC3=O)nc2c1)C1CC2(C1)CC(F)(F)C2. The van der Waals surface area contributed by atoms with Crippen LogP contribution in [0.2, 0.25) is 0 Å². The van der Waals surface area contributed by atoms with Crippen molar-refractivity contribution in [2.24, 2.45) is 5.41 Å². The van der Waals surface area contributed by atoms with E-state index < -0.39 is 23.8 Å². The number of ether oxygens (including phenoxy) is 1. The maximum Gasteiger partial charge on any atom is 0.415 e. The standard InChI is InChI=1S/C21H21F2N3O5/c1-26(11-7-20(8-11)9-21(22,23)10-20)19(29)30-12-2-4-15-14(6-12)24-18(31-15)13-3-5-16(27)25-17(13)28/h2,4,6,11,13H,3,5,7-10H2,1H3,(H,25,27,28). The first-order valence-corrected chi connectivity index (χ1v) is 10.2. The number of carbonyl (C=O) groups excluding carboxylic acids is 3. The van der Waals surface area contributed by atoms with Crippen molar-refractivity contribution in [3.05, 3.63) is 24.1 Å². The van der Waals surface area contributed by atoms with Crippen molar-refractivity contribution in [2.75, 3.05) is 7.05 Å². The predicted octanol–water partition coefficient (Wildman–Crippen LogP) is 3.36. The van der Waals surface area contributed by atoms with Crippen LogP contribution in [0.1, 0.15) is 50.3 Å². The highest BCUT2D eigenvalue weighted by molar-refractivity contribution is 6.00. The van der Waals surface area contributed by atoms with Gasteiger partial charge in [-0.1, -0.05) is 0 Å². The van der Waals surface area contributed by atoms with Crippen LogP contribution in [0.5, 0.6) is 5.75 Å². The van der Waals surface area contributed by atoms with E-state index in [9.17, 15) is 23.2 Å². The summed E-state index contributed by atoms with van der Waals surface area (Å²) in [5.41, 5.74) is 0.529. The first-order valence-electron chi connectivity index (χ1n) is 10.2. The van der Waals surface area contributed by atoms with E-state index in [1.807, 2.05) is 0 Å². The minimum Gasteiger partial charge on any atom is -0.440 e. The van der Waals surface area contributed by atoms with E-state index in [-0.39, 0.29) is 48.3 Å². The Balaban J connectivity index is 1.23. The van der Waals surface area contributed by atoms with Gasteiger partial charge in [-0.05, 0) is 36.8 Å². The van der Waals surface area contributed by atoms with Gasteiger partial charge < -0.3 is 14.1 Å². The molecule has 1 aromatic carbocycles. The monoisotopic (exact) mass is 433 g/mol. The van der Waals surface area contributed by atoms with E-state index in [0.717, 1.165) is 0 Å². The van der Waals surface area contributed by atoms with E-state index >= 15 is 0 Å². The fraction of sp³-hybridized carbons (Fsp3) is 0.524. The molecule has 0 bridgehead atoms. The van der Waals surface area contributed by atoms with E-state index in [0.29, 0.717) is 30.4 Å². The molecule has 8 nitrogen and oxygen atoms in total. The van der Waals surface area contributed by atoms with Gasteiger partial charge in [-0.25, -0.2) is 18.6 Å². The van der Waals surface area contributed by atoms with Gasteiger partial charge in [0.15, 0.2) is 5.58 Å². The molecule has 1 saturated heterocycles. The predicted molar refractivity (Wildman–Crippen MR) is 103 cm³/mol. The Morgan fingerprint density at radius 3 is 2.71 bits per heavy atom. The van der Waals surface area contributed by atoms with Crippen LogP contribution >= 0.6 is 0 Å². The molecule has 1 unspecified atom stereocenters. The highest BCUT2D eigenvalue weighted by Gasteiger charge is 2.62. The molecule has 1 N–H and O–H groups in total. The molecule has 10 heteroatoms. The van der Waals surface area contributed by atoms with Gasteiger partial charge in [0.05, 0.1) is 0 Å². The van der Waals surface area contributed by atoms with Crippen LogP contribution in [0, 0.1) is 5.41 Å². The minimum absolute atomic E-state index is 0.0995. The van der Waals surface area contributed by atoms with Crippen LogP contribution in [-0.2, 0) is 9.59 Å². The van der Waals surface area contributed by atoms with Crippen LogP contribution in [0.15, 0.2) is 22.6 Å². The Morgan fingerprint density at radius 1 is 1.29 bits per heavy atom. The number of fused-ring (bicyclic) bond motifs is 1. The number of aromatic nitrogens is 1. The molecule has 1 atom stereocenters. The molecule has 31 heavy (non-hydrogen) atoms. The second-order valence-electron chi connectivity index (χ2n) is 8.94. The van der Waals surface area contributed by atoms with Crippen LogP contribution < -0.4 is 10.1 Å². The third-order valence-electron chi connectivity index (χ3n) is 6.56. The van der Waals surface area contributed by atoms with Gasteiger partial charge in [0, 0.05) is 38.4 Å². The number of benzene rings is 1. The molecule has 1 aliphatic heterocycles. The van der Waals surface area contributed by atoms with Gasteiger partial charge in [0.2, 0.25) is 23.6 Å². The maximum absolute atomic E-state index is 13.2. The zero-order chi connectivity index (χ0) is 22.0. The molecular formula is C21H21F2N3O5. The number of hydrogen-bond acceptors (Lipinski definition) is 6. The molecule has 2 saturated carbocycles. The average molecular weight is 433 g/mol. The lowest BCUT2D eigenvalue weighted by Gasteiger charge is -2.58. The average Bonchev–Trinajstić information content (AvgIpc) is 3.06. The fourth-order valence-electron chi connectivity index (χ4n) is 4.94. The van der Waals surface area contributed by atoms with Crippen LogP contribution in [-0.4, -0.2) is 46.8 Å². The summed E-state index contributed by atoms with van der Waals surface area (Å²) < 4.78 is 37.4. The highest BCUT2D eigenvalue weighted by atomic mass is 19.3. The minimum atomic E-state index is -2.57. The van der Waals surface area contributed by atoms with Gasteiger partial charge in [-0.15, -0.1) is 0 Å². The first-order chi connectivity index (χ1) is 14.6. The molecule has 2 aliphatic carbocycles. The molecule has 2 aromatic rings. The molecule has 164 valence electrons. The van der Waals surface area contributed by atoms with Crippen LogP contribution in [0.3, 0.4) is 0 Å². The number of nitrogens with one attached hydrogen (secondary N) is 1. The summed E-state index contributed by atoms with van der Waals surface area (Å²) in [6, 6.07) is 4.57. The van der Waals surface area contributed by atoms with E-state index in [1.165, 1.54) is 11.0 Å². The van der Waals surface area contributed by atoms with Crippen molar-refractivity contribution in [1.82, 2.24) is 15.2 Å². The molecule has 3 amide bonds. The highest BCUT2D eigenvalue weighted by Crippen LogP contribution is 2.63. The number of rotatable bonds is 3. The van der Waals surface area contributed by atoms with Crippen molar-refractivity contribution in [3.63, 3.8) is 0 Å². The molecule has 1 spiro atoms. The molecule has 1 aromatic heterocycles. The number of imide groups is 1. The molecule has 5 rings (SSSR count). The lowest BCUT2D eigenvalue weighted by Crippen LogP contribution is -2.60. The number of hydrogen-bond donors (Lipinski definition) is 1. The quantitative estimate of drug-likeness (QED) is 0.745. The van der Waals surface area contributed by atoms with Gasteiger partial charge in [-0.3, -0.25) is 14.9 Å². The molecule has 2 heterocycles. The van der Waals surface area contributed by atoms with Gasteiger partial charge in [0.25, 0.3) is 0 Å². The number of piperidine rings is 1. The van der Waals surface area contributed by atoms with E-state index in [1.54, 1.807) is 19.2 Å². The third-order valence-corrected chi connectivity index (χ3v) is 6.56. The Morgan fingerprint density at radius 2 is 2.03 bits per heavy atom. The summed E-state index contributed by atoms with van der Waals surface area (Å²) >= 11 is 0. The Hall–Kier alpha value is -3.04. The second kappa shape index (κ2) is 6.73. The van der Waals surface area contributed by atoms with Gasteiger partial charge in [0.1, 0.15) is 17.2 Å². The third kappa shape index (κ3) is 3.53. The largest absolute Gasteiger partial charge is 0.440 e. The van der Waals surface area contributed by atoms with Crippen LogP contribution in [0.4, 0.5) is 13.6 Å². The summed E-state index contributed by atoms with van der Waals surface area (Å²) in [5.74, 6) is -3.51. The molecule has 0 radical (unpaired) electrons. The van der Waals surface area contributed by atoms with Crippen molar-refractivity contribution in [2.45, 2.75) is 56.4 Å². The summed E-state index contributed by atoms with van der Waals surface area (Å²) in [5, 5.41) is 2.27. The summed E-state index contributed by atoms with van der Waals surface area (Å²) in [4.78, 5) is 41.6. The summed E-state index contributed by atoms with van der Waals surface area (Å²) in [6.45, 7) is 0. The zero-order valence-corrected chi connectivity index (χ0v) is 16.8. The normalized spacial score (nSPS) is 24.4. The number of carbonyl (C=O) groups is 3. The van der Waals surface area contributed by atoms with Crippen molar-refractivity contribution >= 4 is 29.0 Å². The van der Waals surface area contributed by atoms with Gasteiger partial charge >= 0.3 is 6.09 Å². The Labute approximate surface area is 175 Å². The first kappa shape index (κ1) is 19.9. The summed E-state index contributed by atoms with van der Waals surface area (Å²) in [7, 11) is 1.60. The smallest absolute Gasteiger partial charge is 0.415 e. The van der Waals surface area contributed by atoms with Crippen molar-refractivity contribution in [1.29, 1.82) is 0 Å². The lowest BCUT2D eigenvalue weighted by atomic mass is 9.52. The maximum atomic E-state index is 13.2. The van der Waals surface area contributed by atoms with Crippen molar-refractivity contribution < 1.29 is 32.3 Å². The molecule has 3 fully saturated rings. The molecule has 3 aliphatic rings. The van der Waals surface area contributed by atoms with Crippen molar-refractivity contribution in [3.8, 4) is 5.75 Å². The Kier molecular flexibility index (Phi) is 4.32. The topological polar surface area (TPSA) is 102 Å². The van der Waals surface area contributed by atoms with E-state index in [2.05, 4.69) is 10.3 Å². The second-order valence-corrected chi connectivity index (χ2v) is 8.94. The van der Waals surface area contributed by atoms with Gasteiger partial charge in [-0.2, -0.15) is 0 Å². The number of alkyl halides is 2. The summed E-state index contributed by atoms with van der Waals surface area (Å²) in [6.07, 6.45) is 0.885. The Bertz CT molecular complexity index is 1080.